The fourth-order valence-corrected chi connectivity index (χ4v) is 2.32. The second kappa shape index (κ2) is 6.25. The molecule has 1 aromatic carbocycles. The lowest BCUT2D eigenvalue weighted by Crippen LogP contribution is -2.30. The first-order valence-corrected chi connectivity index (χ1v) is 7.90. The van der Waals surface area contributed by atoms with Gasteiger partial charge >= 0.3 is 5.97 Å². The number of ether oxygens (including phenoxy) is 1. The van der Waals surface area contributed by atoms with Crippen LogP contribution in [0.1, 0.15) is 13.3 Å². The molecular formula is C12H16ClNO4S. The monoisotopic (exact) mass is 305 g/mol. The number of esters is 1. The van der Waals surface area contributed by atoms with E-state index in [-0.39, 0.29) is 4.90 Å². The van der Waals surface area contributed by atoms with Crippen molar-refractivity contribution in [1.29, 1.82) is 0 Å². The van der Waals surface area contributed by atoms with E-state index in [0.29, 0.717) is 17.1 Å². The lowest BCUT2D eigenvalue weighted by atomic mass is 10.2. The number of rotatable bonds is 5. The molecule has 1 aromatic rings. The molecule has 0 spiro atoms. The van der Waals surface area contributed by atoms with Gasteiger partial charge in [0, 0.05) is 6.26 Å². The summed E-state index contributed by atoms with van der Waals surface area (Å²) in [6.07, 6.45) is 1.60. The second-order valence-electron chi connectivity index (χ2n) is 4.04. The van der Waals surface area contributed by atoms with Crippen LogP contribution in [-0.2, 0) is 19.4 Å². The Morgan fingerprint density at radius 2 is 2.11 bits per heavy atom. The van der Waals surface area contributed by atoms with E-state index < -0.39 is 21.8 Å². The van der Waals surface area contributed by atoms with E-state index in [4.69, 9.17) is 11.6 Å². The van der Waals surface area contributed by atoms with Gasteiger partial charge in [0.2, 0.25) is 0 Å². The average Bonchev–Trinajstić information content (AvgIpc) is 2.35. The van der Waals surface area contributed by atoms with Crippen molar-refractivity contribution >= 4 is 33.1 Å². The molecule has 1 N–H and O–H groups in total. The zero-order valence-electron chi connectivity index (χ0n) is 10.9. The predicted molar refractivity (Wildman–Crippen MR) is 74.3 cm³/mol. The molecule has 1 atom stereocenters. The standard InChI is InChI=1S/C12H16ClNO4S/c1-4-10(12(15)18-2)14-11-7-8(19(3,16)17)5-6-9(11)13/h5-7,10,14H,4H2,1-3H3. The van der Waals surface area contributed by atoms with Crippen LogP contribution in [0.15, 0.2) is 23.1 Å². The maximum Gasteiger partial charge on any atom is 0.328 e. The molecule has 0 bridgehead atoms. The first-order chi connectivity index (χ1) is 8.79. The van der Waals surface area contributed by atoms with Crippen LogP contribution in [-0.4, -0.2) is 33.8 Å². The van der Waals surface area contributed by atoms with Gasteiger partial charge in [-0.1, -0.05) is 18.5 Å². The minimum atomic E-state index is -3.33. The maximum absolute atomic E-state index is 11.5. The first kappa shape index (κ1) is 15.8. The zero-order chi connectivity index (χ0) is 14.6. The minimum Gasteiger partial charge on any atom is -0.467 e. The van der Waals surface area contributed by atoms with Gasteiger partial charge in [-0.2, -0.15) is 0 Å². The number of benzene rings is 1. The molecule has 1 rings (SSSR count). The van der Waals surface area contributed by atoms with Crippen LogP contribution in [0, 0.1) is 0 Å². The smallest absolute Gasteiger partial charge is 0.328 e. The van der Waals surface area contributed by atoms with Crippen molar-refractivity contribution in [2.45, 2.75) is 24.3 Å². The van der Waals surface area contributed by atoms with Crippen LogP contribution in [0.4, 0.5) is 5.69 Å². The van der Waals surface area contributed by atoms with Gasteiger partial charge in [-0.25, -0.2) is 13.2 Å². The van der Waals surface area contributed by atoms with Crippen LogP contribution < -0.4 is 5.32 Å². The van der Waals surface area contributed by atoms with Gasteiger partial charge < -0.3 is 10.1 Å². The summed E-state index contributed by atoms with van der Waals surface area (Å²) >= 11 is 5.99. The highest BCUT2D eigenvalue weighted by Gasteiger charge is 2.19. The lowest BCUT2D eigenvalue weighted by molar-refractivity contribution is -0.141. The van der Waals surface area contributed by atoms with Gasteiger partial charge in [-0.05, 0) is 24.6 Å². The number of methoxy groups -OCH3 is 1. The Morgan fingerprint density at radius 1 is 1.47 bits per heavy atom. The molecule has 0 aliphatic rings. The molecule has 19 heavy (non-hydrogen) atoms. The quantitative estimate of drug-likeness (QED) is 0.844. The molecule has 0 saturated carbocycles. The van der Waals surface area contributed by atoms with Gasteiger partial charge in [0.1, 0.15) is 6.04 Å². The van der Waals surface area contributed by atoms with Crippen LogP contribution in [0.2, 0.25) is 5.02 Å². The third kappa shape index (κ3) is 4.11. The van der Waals surface area contributed by atoms with Crippen LogP contribution >= 0.6 is 11.6 Å². The zero-order valence-corrected chi connectivity index (χ0v) is 12.5. The van der Waals surface area contributed by atoms with Gasteiger partial charge in [0.15, 0.2) is 9.84 Å². The molecule has 5 nitrogen and oxygen atoms in total. The third-order valence-electron chi connectivity index (χ3n) is 2.59. The molecule has 7 heteroatoms. The molecule has 0 aliphatic carbocycles. The highest BCUT2D eigenvalue weighted by atomic mass is 35.5. The normalized spacial score (nSPS) is 12.8. The lowest BCUT2D eigenvalue weighted by Gasteiger charge is -2.17. The molecule has 0 heterocycles. The molecule has 1 unspecified atom stereocenters. The summed E-state index contributed by atoms with van der Waals surface area (Å²) < 4.78 is 27.6. The maximum atomic E-state index is 11.5. The van der Waals surface area contributed by atoms with Crippen molar-refractivity contribution in [3.8, 4) is 0 Å². The number of carbonyl (C=O) groups is 1. The van der Waals surface area contributed by atoms with Crippen molar-refractivity contribution in [1.82, 2.24) is 0 Å². The molecule has 0 saturated heterocycles. The fraction of sp³-hybridized carbons (Fsp3) is 0.417. The summed E-state index contributed by atoms with van der Waals surface area (Å²) in [5.41, 5.74) is 0.391. The summed E-state index contributed by atoms with van der Waals surface area (Å²) in [5, 5.41) is 3.23. The largest absolute Gasteiger partial charge is 0.467 e. The van der Waals surface area contributed by atoms with Crippen molar-refractivity contribution < 1.29 is 17.9 Å². The van der Waals surface area contributed by atoms with E-state index in [1.165, 1.54) is 25.3 Å². The van der Waals surface area contributed by atoms with E-state index in [9.17, 15) is 13.2 Å². The Hall–Kier alpha value is -1.27. The number of nitrogens with one attached hydrogen (secondary N) is 1. The highest BCUT2D eigenvalue weighted by molar-refractivity contribution is 7.90. The molecule has 0 aliphatic heterocycles. The van der Waals surface area contributed by atoms with E-state index in [1.54, 1.807) is 0 Å². The van der Waals surface area contributed by atoms with Crippen LogP contribution in [0.3, 0.4) is 0 Å². The van der Waals surface area contributed by atoms with E-state index >= 15 is 0 Å². The molecule has 0 aromatic heterocycles. The van der Waals surface area contributed by atoms with Gasteiger partial charge in [-0.15, -0.1) is 0 Å². The molecule has 0 amide bonds. The van der Waals surface area contributed by atoms with E-state index in [0.717, 1.165) is 6.26 Å². The highest BCUT2D eigenvalue weighted by Crippen LogP contribution is 2.26. The molecule has 0 radical (unpaired) electrons. The topological polar surface area (TPSA) is 72.5 Å². The molecule has 106 valence electrons. The Kier molecular flexibility index (Phi) is 5.20. The Bertz CT molecular complexity index is 571. The summed E-state index contributed by atoms with van der Waals surface area (Å²) in [4.78, 5) is 11.6. The predicted octanol–water partition coefficient (Wildman–Crippen LogP) is 2.11. The second-order valence-corrected chi connectivity index (χ2v) is 6.47. The Balaban J connectivity index is 3.10. The number of hydrogen-bond donors (Lipinski definition) is 1. The Morgan fingerprint density at radius 3 is 2.58 bits per heavy atom. The van der Waals surface area contributed by atoms with Gasteiger partial charge in [-0.3, -0.25) is 0 Å². The SMILES string of the molecule is CCC(Nc1cc(S(C)(=O)=O)ccc1Cl)C(=O)OC. The van der Waals surface area contributed by atoms with Crippen molar-refractivity contribution in [2.75, 3.05) is 18.7 Å². The number of halogens is 1. The average molecular weight is 306 g/mol. The summed E-state index contributed by atoms with van der Waals surface area (Å²) in [7, 11) is -2.03. The number of carbonyl (C=O) groups excluding carboxylic acids is 1. The van der Waals surface area contributed by atoms with Gasteiger partial charge in [0.05, 0.1) is 22.7 Å². The minimum absolute atomic E-state index is 0.138. The van der Waals surface area contributed by atoms with E-state index in [2.05, 4.69) is 10.1 Å². The first-order valence-electron chi connectivity index (χ1n) is 5.63. The van der Waals surface area contributed by atoms with E-state index in [1.807, 2.05) is 6.92 Å². The molecular weight excluding hydrogens is 290 g/mol. The summed E-state index contributed by atoms with van der Waals surface area (Å²) in [6, 6.07) is 3.73. The van der Waals surface area contributed by atoms with Crippen molar-refractivity contribution in [3.05, 3.63) is 23.2 Å². The number of anilines is 1. The number of hydrogen-bond acceptors (Lipinski definition) is 5. The number of sulfone groups is 1. The summed E-state index contributed by atoms with van der Waals surface area (Å²) in [6.45, 7) is 1.81. The van der Waals surface area contributed by atoms with Crippen LogP contribution in [0.25, 0.3) is 0 Å². The fourth-order valence-electron chi connectivity index (χ4n) is 1.50. The van der Waals surface area contributed by atoms with Crippen LogP contribution in [0.5, 0.6) is 0 Å². The van der Waals surface area contributed by atoms with Gasteiger partial charge in [0.25, 0.3) is 0 Å². The third-order valence-corrected chi connectivity index (χ3v) is 4.03. The van der Waals surface area contributed by atoms with Crippen molar-refractivity contribution in [2.24, 2.45) is 0 Å². The Labute approximate surface area is 117 Å². The summed E-state index contributed by atoms with van der Waals surface area (Å²) in [5.74, 6) is -0.427. The van der Waals surface area contributed by atoms with Crippen molar-refractivity contribution in [3.63, 3.8) is 0 Å². The molecule has 0 fully saturated rings.